The van der Waals surface area contributed by atoms with Crippen molar-refractivity contribution in [3.05, 3.63) is 68.4 Å². The molecule has 0 spiro atoms. The van der Waals surface area contributed by atoms with Crippen LogP contribution in [-0.2, 0) is 16.1 Å². The first kappa shape index (κ1) is 29.6. The maximum atomic E-state index is 14.4. The highest BCUT2D eigenvalue weighted by Gasteiger charge is 2.29. The Morgan fingerprint density at radius 2 is 1.93 bits per heavy atom. The standard InChI is InChI=1S/C27H30FN7O5S/c1-15(2)32-23(36)17(4)34-24(37)22-16(3)25(35-30-10-11-31-35)41-26(22)33(27(34)38)14-21(40-12-6-9-29)19-13-18(28)7-8-20(19)39-5/h7-8,10-11,13,15,17,21H,6,12,14H2,1-5H3,(H,32,36)/t17-,21+/m1/s1. The Morgan fingerprint density at radius 3 is 2.56 bits per heavy atom. The number of hydrogen-bond donors (Lipinski definition) is 1. The Kier molecular flexibility index (Phi) is 8.99. The van der Waals surface area contributed by atoms with Crippen LogP contribution in [0, 0.1) is 24.1 Å². The third-order valence-electron chi connectivity index (χ3n) is 6.44. The van der Waals surface area contributed by atoms with E-state index in [1.165, 1.54) is 54.0 Å². The third kappa shape index (κ3) is 5.91. The van der Waals surface area contributed by atoms with Gasteiger partial charge in [-0.1, -0.05) is 11.3 Å². The van der Waals surface area contributed by atoms with Crippen molar-refractivity contribution in [2.24, 2.45) is 0 Å². The quantitative estimate of drug-likeness (QED) is 0.265. The van der Waals surface area contributed by atoms with Crippen LogP contribution in [0.1, 0.15) is 50.5 Å². The summed E-state index contributed by atoms with van der Waals surface area (Å²) in [5.74, 6) is -0.727. The molecule has 0 aliphatic rings. The molecule has 1 aromatic carbocycles. The van der Waals surface area contributed by atoms with Crippen LogP contribution >= 0.6 is 11.3 Å². The van der Waals surface area contributed by atoms with E-state index in [0.717, 1.165) is 15.9 Å². The van der Waals surface area contributed by atoms with Gasteiger partial charge in [0.2, 0.25) is 5.91 Å². The third-order valence-corrected chi connectivity index (χ3v) is 7.72. The molecule has 14 heteroatoms. The Bertz CT molecular complexity index is 1720. The molecule has 12 nitrogen and oxygen atoms in total. The largest absolute Gasteiger partial charge is 0.496 e. The van der Waals surface area contributed by atoms with E-state index in [0.29, 0.717) is 26.7 Å². The number of methoxy groups -OCH3 is 1. The summed E-state index contributed by atoms with van der Waals surface area (Å²) in [6.07, 6.45) is 2.08. The summed E-state index contributed by atoms with van der Waals surface area (Å²) >= 11 is 1.13. The van der Waals surface area contributed by atoms with Crippen molar-refractivity contribution in [1.29, 1.82) is 5.26 Å². The molecule has 3 aromatic heterocycles. The fourth-order valence-corrected chi connectivity index (χ4v) is 5.72. The van der Waals surface area contributed by atoms with E-state index in [9.17, 15) is 18.8 Å². The van der Waals surface area contributed by atoms with Gasteiger partial charge in [-0.3, -0.25) is 14.2 Å². The number of aromatic nitrogens is 5. The number of nitriles is 1. The lowest BCUT2D eigenvalue weighted by molar-refractivity contribution is -0.124. The van der Waals surface area contributed by atoms with E-state index in [4.69, 9.17) is 14.7 Å². The number of nitrogens with one attached hydrogen (secondary N) is 1. The van der Waals surface area contributed by atoms with Gasteiger partial charge in [-0.15, -0.1) is 4.80 Å². The molecule has 1 amide bonds. The maximum Gasteiger partial charge on any atom is 0.332 e. The number of halogens is 1. The van der Waals surface area contributed by atoms with Gasteiger partial charge in [0.05, 0.1) is 50.5 Å². The second kappa shape index (κ2) is 12.4. The molecule has 0 radical (unpaired) electrons. The van der Waals surface area contributed by atoms with Gasteiger partial charge in [0.25, 0.3) is 5.56 Å². The minimum atomic E-state index is -1.14. The SMILES string of the molecule is COc1ccc(F)cc1[C@H](Cn1c(=O)n([C@H](C)C(=O)NC(C)C)c(=O)c2c(C)c(-n3nccn3)sc21)OCCC#N. The van der Waals surface area contributed by atoms with Crippen LogP contribution < -0.4 is 21.3 Å². The first-order chi connectivity index (χ1) is 19.6. The van der Waals surface area contributed by atoms with Crippen molar-refractivity contribution in [2.75, 3.05) is 13.7 Å². The summed E-state index contributed by atoms with van der Waals surface area (Å²) < 4.78 is 28.1. The number of hydrogen-bond acceptors (Lipinski definition) is 9. The van der Waals surface area contributed by atoms with E-state index in [-0.39, 0.29) is 31.0 Å². The summed E-state index contributed by atoms with van der Waals surface area (Å²) in [6, 6.07) is 4.57. The molecule has 1 N–H and O–H groups in total. The van der Waals surface area contributed by atoms with Crippen LogP contribution in [-0.4, -0.2) is 49.8 Å². The van der Waals surface area contributed by atoms with E-state index >= 15 is 0 Å². The minimum Gasteiger partial charge on any atom is -0.496 e. The molecule has 2 atom stereocenters. The fraction of sp³-hybridized carbons (Fsp3) is 0.407. The number of carbonyl (C=O) groups excluding carboxylic acids is 1. The molecule has 3 heterocycles. The smallest absolute Gasteiger partial charge is 0.332 e. The van der Waals surface area contributed by atoms with Gasteiger partial charge in [-0.2, -0.15) is 15.5 Å². The summed E-state index contributed by atoms with van der Waals surface area (Å²) in [5, 5.41) is 20.9. The molecule has 4 rings (SSSR count). The Labute approximate surface area is 238 Å². The summed E-state index contributed by atoms with van der Waals surface area (Å²) in [7, 11) is 1.43. The lowest BCUT2D eigenvalue weighted by Gasteiger charge is -2.23. The van der Waals surface area contributed by atoms with Crippen LogP contribution in [0.15, 0.2) is 40.2 Å². The van der Waals surface area contributed by atoms with Gasteiger partial charge in [-0.05, 0) is 45.9 Å². The van der Waals surface area contributed by atoms with Gasteiger partial charge in [-0.25, -0.2) is 13.8 Å². The van der Waals surface area contributed by atoms with Crippen LogP contribution in [0.5, 0.6) is 5.75 Å². The topological polar surface area (TPSA) is 146 Å². The van der Waals surface area contributed by atoms with E-state index in [2.05, 4.69) is 15.5 Å². The first-order valence-electron chi connectivity index (χ1n) is 12.9. The summed E-state index contributed by atoms with van der Waals surface area (Å²) in [6.45, 7) is 6.56. The molecule has 216 valence electrons. The Hall–Kier alpha value is -4.35. The number of thiophene rings is 1. The highest BCUT2D eigenvalue weighted by Crippen LogP contribution is 2.34. The molecule has 0 saturated heterocycles. The normalized spacial score (nSPS) is 12.8. The molecule has 4 aromatic rings. The highest BCUT2D eigenvalue weighted by atomic mass is 32.1. The van der Waals surface area contributed by atoms with Crippen molar-refractivity contribution in [3.8, 4) is 16.8 Å². The highest BCUT2D eigenvalue weighted by molar-refractivity contribution is 7.21. The predicted molar refractivity (Wildman–Crippen MR) is 150 cm³/mol. The lowest BCUT2D eigenvalue weighted by atomic mass is 10.1. The number of rotatable bonds is 11. The molecule has 0 unspecified atom stereocenters. The molecule has 0 bridgehead atoms. The number of ether oxygens (including phenoxy) is 2. The predicted octanol–water partition coefficient (Wildman–Crippen LogP) is 3.02. The van der Waals surface area contributed by atoms with Gasteiger partial charge >= 0.3 is 5.69 Å². The first-order valence-corrected chi connectivity index (χ1v) is 13.7. The molecular weight excluding hydrogens is 553 g/mol. The number of carbonyl (C=O) groups is 1. The second-order valence-electron chi connectivity index (χ2n) is 9.59. The molecule has 0 aliphatic heterocycles. The maximum absolute atomic E-state index is 14.4. The summed E-state index contributed by atoms with van der Waals surface area (Å²) in [5.41, 5.74) is -0.545. The van der Waals surface area contributed by atoms with Crippen LogP contribution in [0.25, 0.3) is 15.2 Å². The van der Waals surface area contributed by atoms with Crippen LogP contribution in [0.2, 0.25) is 0 Å². The number of benzene rings is 1. The zero-order chi connectivity index (χ0) is 29.8. The number of nitrogens with zero attached hydrogens (tertiary/aromatic N) is 6. The van der Waals surface area contributed by atoms with Gasteiger partial charge in [0, 0.05) is 17.2 Å². The molecule has 0 saturated carbocycles. The van der Waals surface area contributed by atoms with Crippen molar-refractivity contribution < 1.29 is 18.7 Å². The second-order valence-corrected chi connectivity index (χ2v) is 10.6. The van der Waals surface area contributed by atoms with Crippen molar-refractivity contribution in [1.82, 2.24) is 29.4 Å². The van der Waals surface area contributed by atoms with E-state index < -0.39 is 35.1 Å². The molecule has 0 fully saturated rings. The van der Waals surface area contributed by atoms with Gasteiger partial charge in [0.15, 0.2) is 0 Å². The average Bonchev–Trinajstić information content (AvgIpc) is 3.58. The van der Waals surface area contributed by atoms with Gasteiger partial charge < -0.3 is 14.8 Å². The Balaban J connectivity index is 1.99. The van der Waals surface area contributed by atoms with E-state index in [1.54, 1.807) is 20.8 Å². The zero-order valence-corrected chi connectivity index (χ0v) is 24.1. The number of amides is 1. The molecular formula is C27H30FN7O5S. The number of fused-ring (bicyclic) bond motifs is 1. The van der Waals surface area contributed by atoms with Crippen molar-refractivity contribution >= 4 is 27.5 Å². The lowest BCUT2D eigenvalue weighted by Crippen LogP contribution is -2.47. The number of aryl methyl sites for hydroxylation is 1. The zero-order valence-electron chi connectivity index (χ0n) is 23.3. The molecule has 41 heavy (non-hydrogen) atoms. The van der Waals surface area contributed by atoms with Gasteiger partial charge in [0.1, 0.15) is 33.5 Å². The fourth-order valence-electron chi connectivity index (χ4n) is 4.50. The van der Waals surface area contributed by atoms with E-state index in [1.807, 2.05) is 6.07 Å². The van der Waals surface area contributed by atoms with Crippen LogP contribution in [0.4, 0.5) is 4.39 Å². The molecule has 0 aliphatic carbocycles. The summed E-state index contributed by atoms with van der Waals surface area (Å²) in [4.78, 5) is 42.5. The van der Waals surface area contributed by atoms with Crippen molar-refractivity contribution in [3.63, 3.8) is 0 Å². The Morgan fingerprint density at radius 1 is 1.22 bits per heavy atom. The van der Waals surface area contributed by atoms with Crippen LogP contribution in [0.3, 0.4) is 0 Å². The average molecular weight is 584 g/mol. The van der Waals surface area contributed by atoms with Crippen molar-refractivity contribution in [2.45, 2.75) is 58.8 Å². The minimum absolute atomic E-state index is 0.00249. The monoisotopic (exact) mass is 583 g/mol.